The van der Waals surface area contributed by atoms with E-state index >= 15 is 0 Å². The van der Waals surface area contributed by atoms with E-state index in [-0.39, 0.29) is 50.2 Å². The van der Waals surface area contributed by atoms with Crippen molar-refractivity contribution in [2.75, 3.05) is 39.3 Å². The van der Waals surface area contributed by atoms with Crippen LogP contribution < -0.4 is 5.32 Å². The van der Waals surface area contributed by atoms with Crippen LogP contribution in [0.25, 0.3) is 0 Å². The average molecular weight is 472 g/mol. The lowest BCUT2D eigenvalue weighted by Crippen LogP contribution is -2.59. The Balaban J connectivity index is 1.37. The van der Waals surface area contributed by atoms with Crippen molar-refractivity contribution in [2.24, 2.45) is 0 Å². The van der Waals surface area contributed by atoms with E-state index in [9.17, 15) is 22.8 Å². The molecule has 3 atom stereocenters. The molecule has 3 unspecified atom stereocenters. The summed E-state index contributed by atoms with van der Waals surface area (Å²) in [5, 5.41) is 2.80. The van der Waals surface area contributed by atoms with Gasteiger partial charge in [-0.05, 0) is 33.6 Å². The van der Waals surface area contributed by atoms with E-state index in [4.69, 9.17) is 4.74 Å². The highest BCUT2D eigenvalue weighted by Crippen LogP contribution is 2.36. The molecule has 3 saturated heterocycles. The molecule has 4 amide bonds. The summed E-state index contributed by atoms with van der Waals surface area (Å²) in [6.07, 6.45) is 2.60. The fraction of sp³-hybridized carbons (Fsp3) is 0.850. The summed E-state index contributed by atoms with van der Waals surface area (Å²) in [4.78, 5) is 41.1. The molecule has 12 heteroatoms. The van der Waals surface area contributed by atoms with Crippen molar-refractivity contribution in [3.8, 4) is 0 Å². The first kappa shape index (κ1) is 23.4. The van der Waals surface area contributed by atoms with Crippen molar-refractivity contribution in [1.29, 1.82) is 0 Å². The lowest BCUT2D eigenvalue weighted by molar-refractivity contribution is -0.143. The molecule has 4 rings (SSSR count). The third-order valence-electron chi connectivity index (χ3n) is 6.98. The van der Waals surface area contributed by atoms with Gasteiger partial charge in [0.2, 0.25) is 5.91 Å². The molecule has 1 aliphatic carbocycles. The van der Waals surface area contributed by atoms with Gasteiger partial charge in [-0.25, -0.2) is 9.69 Å². The highest BCUT2D eigenvalue weighted by atomic mass is 32.2. The van der Waals surface area contributed by atoms with Crippen LogP contribution >= 0.6 is 0 Å². The van der Waals surface area contributed by atoms with Gasteiger partial charge in [-0.3, -0.25) is 9.59 Å². The molecule has 1 spiro atoms. The minimum atomic E-state index is -3.65. The smallest absolute Gasteiger partial charge is 0.325 e. The van der Waals surface area contributed by atoms with E-state index in [0.29, 0.717) is 25.9 Å². The van der Waals surface area contributed by atoms with Gasteiger partial charge in [-0.1, -0.05) is 12.8 Å². The predicted octanol–water partition coefficient (Wildman–Crippen LogP) is -0.262. The topological polar surface area (TPSA) is 120 Å². The average Bonchev–Trinajstić information content (AvgIpc) is 3.31. The normalized spacial score (nSPS) is 30.7. The second-order valence-corrected chi connectivity index (χ2v) is 11.3. The fourth-order valence-electron chi connectivity index (χ4n) is 5.31. The molecule has 3 heterocycles. The number of imide groups is 1. The number of ether oxygens (including phenoxy) is 1. The second-order valence-electron chi connectivity index (χ2n) is 9.38. The van der Waals surface area contributed by atoms with Gasteiger partial charge in [0.1, 0.15) is 11.6 Å². The number of amides is 4. The first-order chi connectivity index (χ1) is 15.0. The van der Waals surface area contributed by atoms with E-state index < -0.39 is 27.8 Å². The Hall–Kier alpha value is -1.76. The molecule has 0 aromatic carbocycles. The number of nitrogens with zero attached hydrogens (tertiary/aromatic N) is 4. The van der Waals surface area contributed by atoms with E-state index in [1.807, 2.05) is 13.8 Å². The number of hydrogen-bond donors (Lipinski definition) is 1. The number of morpholine rings is 1. The molecular weight excluding hydrogens is 438 g/mol. The zero-order valence-electron chi connectivity index (χ0n) is 18.9. The zero-order chi connectivity index (χ0) is 23.3. The highest BCUT2D eigenvalue weighted by molar-refractivity contribution is 7.86. The van der Waals surface area contributed by atoms with Crippen LogP contribution in [-0.2, 0) is 24.5 Å². The largest absolute Gasteiger partial charge is 0.373 e. The summed E-state index contributed by atoms with van der Waals surface area (Å²) in [5.74, 6) is -0.660. The van der Waals surface area contributed by atoms with Crippen molar-refractivity contribution in [2.45, 2.75) is 70.2 Å². The molecule has 1 N–H and O–H groups in total. The Morgan fingerprint density at radius 2 is 1.59 bits per heavy atom. The molecule has 0 radical (unpaired) electrons. The summed E-state index contributed by atoms with van der Waals surface area (Å²) in [6, 6.07) is -1.44. The van der Waals surface area contributed by atoms with Crippen molar-refractivity contribution >= 4 is 28.1 Å². The summed E-state index contributed by atoms with van der Waals surface area (Å²) < 4.78 is 34.6. The Kier molecular flexibility index (Phi) is 6.25. The summed E-state index contributed by atoms with van der Waals surface area (Å²) in [6.45, 7) is 6.64. The minimum absolute atomic E-state index is 0.172. The van der Waals surface area contributed by atoms with Crippen LogP contribution in [0.2, 0.25) is 0 Å². The lowest BCUT2D eigenvalue weighted by Gasteiger charge is -2.41. The van der Waals surface area contributed by atoms with E-state index in [1.54, 1.807) is 11.8 Å². The lowest BCUT2D eigenvalue weighted by atomic mass is 9.97. The Bertz CT molecular complexity index is 871. The first-order valence-electron chi connectivity index (χ1n) is 11.4. The van der Waals surface area contributed by atoms with Gasteiger partial charge in [-0.2, -0.15) is 17.0 Å². The maximum Gasteiger partial charge on any atom is 0.325 e. The van der Waals surface area contributed by atoms with Crippen LogP contribution in [0.3, 0.4) is 0 Å². The summed E-state index contributed by atoms with van der Waals surface area (Å²) >= 11 is 0. The number of piperazine rings is 1. The maximum absolute atomic E-state index is 13.1. The van der Waals surface area contributed by atoms with Crippen molar-refractivity contribution in [3.63, 3.8) is 0 Å². The number of carbonyl (C=O) groups excluding carboxylic acids is 3. The van der Waals surface area contributed by atoms with Gasteiger partial charge in [0, 0.05) is 39.3 Å². The molecule has 0 aromatic heterocycles. The second kappa shape index (κ2) is 8.54. The van der Waals surface area contributed by atoms with Crippen LogP contribution in [0.15, 0.2) is 0 Å². The third-order valence-corrected chi connectivity index (χ3v) is 8.95. The quantitative estimate of drug-likeness (QED) is 0.564. The molecule has 0 aromatic rings. The summed E-state index contributed by atoms with van der Waals surface area (Å²) in [7, 11) is -3.65. The number of hydrogen-bond acceptors (Lipinski definition) is 6. The monoisotopic (exact) mass is 471 g/mol. The number of carbonyl (C=O) groups is 3. The van der Waals surface area contributed by atoms with Gasteiger partial charge in [0.25, 0.3) is 16.1 Å². The van der Waals surface area contributed by atoms with E-state index in [1.165, 1.54) is 8.61 Å². The molecule has 4 fully saturated rings. The van der Waals surface area contributed by atoms with E-state index in [0.717, 1.165) is 17.7 Å². The van der Waals surface area contributed by atoms with Crippen molar-refractivity contribution < 1.29 is 27.5 Å². The predicted molar refractivity (Wildman–Crippen MR) is 115 cm³/mol. The van der Waals surface area contributed by atoms with Crippen LogP contribution in [0, 0.1) is 0 Å². The first-order valence-corrected chi connectivity index (χ1v) is 12.8. The number of rotatable bonds is 4. The van der Waals surface area contributed by atoms with E-state index in [2.05, 4.69) is 5.32 Å². The fourth-order valence-corrected chi connectivity index (χ4v) is 7.05. The van der Waals surface area contributed by atoms with Gasteiger partial charge in [0.05, 0.1) is 12.2 Å². The minimum Gasteiger partial charge on any atom is -0.373 e. The zero-order valence-corrected chi connectivity index (χ0v) is 19.8. The molecule has 4 aliphatic rings. The molecule has 3 aliphatic heterocycles. The Labute approximate surface area is 189 Å². The van der Waals surface area contributed by atoms with Crippen LogP contribution in [0.4, 0.5) is 4.79 Å². The number of nitrogens with one attached hydrogen (secondary N) is 1. The molecule has 1 saturated carbocycles. The third kappa shape index (κ3) is 4.02. The maximum atomic E-state index is 13.1. The highest BCUT2D eigenvalue weighted by Gasteiger charge is 2.55. The molecular formula is C20H33N5O6S. The Morgan fingerprint density at radius 1 is 1.03 bits per heavy atom. The summed E-state index contributed by atoms with van der Waals surface area (Å²) in [5.41, 5.74) is -0.856. The molecule has 11 nitrogen and oxygen atoms in total. The van der Waals surface area contributed by atoms with Gasteiger partial charge >= 0.3 is 6.03 Å². The van der Waals surface area contributed by atoms with Crippen LogP contribution in [0.5, 0.6) is 0 Å². The number of urea groups is 1. The SMILES string of the molecule is CC1CN(S(=O)(=O)N2CCN(C(=O)C(C)N3C(=O)NC4(CCCC4)C3=O)CC2)CC(C)O1. The Morgan fingerprint density at radius 3 is 2.16 bits per heavy atom. The van der Waals surface area contributed by atoms with Gasteiger partial charge in [-0.15, -0.1) is 0 Å². The van der Waals surface area contributed by atoms with Gasteiger partial charge in [0.15, 0.2) is 0 Å². The van der Waals surface area contributed by atoms with Crippen LogP contribution in [0.1, 0.15) is 46.5 Å². The van der Waals surface area contributed by atoms with Crippen molar-refractivity contribution in [1.82, 2.24) is 23.7 Å². The molecule has 32 heavy (non-hydrogen) atoms. The standard InChI is InChI=1S/C20H33N5O6S/c1-14-12-24(13-15(2)31-14)32(29,30)23-10-8-22(9-11-23)17(26)16(3)25-18(27)20(21-19(25)28)6-4-5-7-20/h14-16H,4-13H2,1-3H3,(H,21,28). The molecule has 0 bridgehead atoms. The van der Waals surface area contributed by atoms with Crippen molar-refractivity contribution in [3.05, 3.63) is 0 Å². The molecule has 180 valence electrons. The van der Waals surface area contributed by atoms with Gasteiger partial charge < -0.3 is 15.0 Å². The van der Waals surface area contributed by atoms with Crippen LogP contribution in [-0.4, -0.2) is 108 Å².